The van der Waals surface area contributed by atoms with Crippen LogP contribution in [0.4, 0.5) is 17.6 Å². The van der Waals surface area contributed by atoms with Gasteiger partial charge >= 0.3 is 6.18 Å². The summed E-state index contributed by atoms with van der Waals surface area (Å²) in [4.78, 5) is 4.12. The molecule has 1 heterocycles. The zero-order valence-electron chi connectivity index (χ0n) is 11.4. The lowest BCUT2D eigenvalue weighted by molar-refractivity contribution is -0.140. The summed E-state index contributed by atoms with van der Waals surface area (Å²) in [6.45, 7) is 0. The molecule has 0 fully saturated rings. The van der Waals surface area contributed by atoms with Gasteiger partial charge in [0.05, 0.1) is 5.56 Å². The van der Waals surface area contributed by atoms with Gasteiger partial charge in [-0.1, -0.05) is 6.07 Å². The van der Waals surface area contributed by atoms with Crippen LogP contribution in [0.5, 0.6) is 0 Å². The number of hydrogen-bond donors (Lipinski definition) is 1. The van der Waals surface area contributed by atoms with Gasteiger partial charge in [0.2, 0.25) is 0 Å². The first-order valence-corrected chi connectivity index (χ1v) is 6.37. The molecule has 0 aliphatic heterocycles. The summed E-state index contributed by atoms with van der Waals surface area (Å²) in [5.41, 5.74) is 4.87. The van der Waals surface area contributed by atoms with Crippen LogP contribution in [0.2, 0.25) is 0 Å². The fourth-order valence-corrected chi connectivity index (χ4v) is 2.08. The number of nitrogens with two attached hydrogens (primary N) is 1. The highest BCUT2D eigenvalue weighted by Crippen LogP contribution is 2.33. The van der Waals surface area contributed by atoms with Gasteiger partial charge < -0.3 is 10.3 Å². The highest BCUT2D eigenvalue weighted by atomic mass is 19.4. The Hall–Kier alpha value is -1.89. The molecule has 21 heavy (non-hydrogen) atoms. The van der Waals surface area contributed by atoms with E-state index in [1.807, 2.05) is 11.6 Å². The van der Waals surface area contributed by atoms with Crippen LogP contribution in [0.3, 0.4) is 0 Å². The Morgan fingerprint density at radius 1 is 1.33 bits per heavy atom. The van der Waals surface area contributed by atoms with Crippen molar-refractivity contribution in [3.8, 4) is 0 Å². The summed E-state index contributed by atoms with van der Waals surface area (Å²) in [6.07, 6.45) is -0.350. The normalized spacial score (nSPS) is 13.4. The van der Waals surface area contributed by atoms with Gasteiger partial charge in [0, 0.05) is 31.9 Å². The Balaban J connectivity index is 2.12. The van der Waals surface area contributed by atoms with E-state index in [1.165, 1.54) is 6.07 Å². The molecule has 0 amide bonds. The van der Waals surface area contributed by atoms with E-state index >= 15 is 0 Å². The van der Waals surface area contributed by atoms with Crippen LogP contribution in [0.15, 0.2) is 30.6 Å². The first-order chi connectivity index (χ1) is 9.79. The Kier molecular flexibility index (Phi) is 4.32. The molecular weight excluding hydrogens is 286 g/mol. The van der Waals surface area contributed by atoms with Crippen molar-refractivity contribution < 1.29 is 17.6 Å². The highest BCUT2D eigenvalue weighted by Gasteiger charge is 2.34. The topological polar surface area (TPSA) is 43.8 Å². The molecule has 0 aliphatic carbocycles. The lowest BCUT2D eigenvalue weighted by atomic mass is 10.00. The van der Waals surface area contributed by atoms with Gasteiger partial charge in [-0.2, -0.15) is 13.2 Å². The van der Waals surface area contributed by atoms with Gasteiger partial charge in [0.1, 0.15) is 11.6 Å². The molecule has 114 valence electrons. The second-order valence-electron chi connectivity index (χ2n) is 4.84. The molecule has 0 bridgehead atoms. The number of imidazole rings is 1. The van der Waals surface area contributed by atoms with E-state index in [1.54, 1.807) is 12.4 Å². The Morgan fingerprint density at radius 3 is 2.62 bits per heavy atom. The molecule has 1 atom stereocenters. The SMILES string of the molecule is Cn1ccnc1CCC(N)c1ccc(F)c(C(F)(F)F)c1. The third-order valence-corrected chi connectivity index (χ3v) is 3.32. The maximum Gasteiger partial charge on any atom is 0.419 e. The number of nitrogens with zero attached hydrogens (tertiary/aromatic N) is 2. The molecule has 1 aromatic heterocycles. The summed E-state index contributed by atoms with van der Waals surface area (Å²) in [6, 6.07) is 2.26. The van der Waals surface area contributed by atoms with E-state index < -0.39 is 23.6 Å². The molecule has 3 nitrogen and oxygen atoms in total. The number of hydrogen-bond acceptors (Lipinski definition) is 2. The smallest absolute Gasteiger partial charge is 0.338 e. The van der Waals surface area contributed by atoms with Gasteiger partial charge in [-0.05, 0) is 24.1 Å². The number of aryl methyl sites for hydroxylation is 2. The lowest BCUT2D eigenvalue weighted by Crippen LogP contribution is -2.15. The van der Waals surface area contributed by atoms with Gasteiger partial charge in [-0.15, -0.1) is 0 Å². The van der Waals surface area contributed by atoms with E-state index in [-0.39, 0.29) is 5.56 Å². The summed E-state index contributed by atoms with van der Waals surface area (Å²) < 4.78 is 53.0. The Bertz CT molecular complexity index is 619. The van der Waals surface area contributed by atoms with Crippen molar-refractivity contribution in [2.24, 2.45) is 12.8 Å². The van der Waals surface area contributed by atoms with Crippen LogP contribution in [0, 0.1) is 5.82 Å². The van der Waals surface area contributed by atoms with Crippen LogP contribution in [0.25, 0.3) is 0 Å². The quantitative estimate of drug-likeness (QED) is 0.881. The third kappa shape index (κ3) is 3.60. The minimum absolute atomic E-state index is 0.262. The lowest BCUT2D eigenvalue weighted by Gasteiger charge is -2.15. The number of rotatable bonds is 4. The molecule has 2 N–H and O–H groups in total. The Morgan fingerprint density at radius 2 is 2.05 bits per heavy atom. The maximum atomic E-state index is 13.2. The molecule has 2 rings (SSSR count). The average molecular weight is 301 g/mol. The van der Waals surface area contributed by atoms with Gasteiger partial charge in [0.15, 0.2) is 0 Å². The predicted molar refractivity (Wildman–Crippen MR) is 69.9 cm³/mol. The molecular formula is C14H15F4N3. The van der Waals surface area contributed by atoms with Crippen LogP contribution in [-0.2, 0) is 19.6 Å². The van der Waals surface area contributed by atoms with Crippen LogP contribution in [-0.4, -0.2) is 9.55 Å². The zero-order chi connectivity index (χ0) is 15.6. The minimum atomic E-state index is -4.72. The second kappa shape index (κ2) is 5.85. The second-order valence-corrected chi connectivity index (χ2v) is 4.84. The van der Waals surface area contributed by atoms with Crippen molar-refractivity contribution in [1.29, 1.82) is 0 Å². The first-order valence-electron chi connectivity index (χ1n) is 6.37. The van der Waals surface area contributed by atoms with Crippen molar-refractivity contribution in [1.82, 2.24) is 9.55 Å². The van der Waals surface area contributed by atoms with E-state index in [0.29, 0.717) is 12.8 Å². The number of aromatic nitrogens is 2. The first kappa shape index (κ1) is 15.5. The molecule has 0 radical (unpaired) electrons. The molecule has 1 unspecified atom stereocenters. The molecule has 0 aliphatic rings. The van der Waals surface area contributed by atoms with Gasteiger partial charge in [0.25, 0.3) is 0 Å². The summed E-state index contributed by atoms with van der Waals surface area (Å²) in [5, 5.41) is 0. The predicted octanol–water partition coefficient (Wildman–Crippen LogP) is 3.21. The average Bonchev–Trinajstić information content (AvgIpc) is 2.80. The molecule has 0 saturated heterocycles. The number of alkyl halides is 3. The van der Waals surface area contributed by atoms with Crippen molar-refractivity contribution in [3.63, 3.8) is 0 Å². The minimum Gasteiger partial charge on any atom is -0.338 e. The van der Waals surface area contributed by atoms with Crippen LogP contribution in [0.1, 0.15) is 29.4 Å². The summed E-state index contributed by atoms with van der Waals surface area (Å²) in [7, 11) is 1.83. The summed E-state index contributed by atoms with van der Waals surface area (Å²) >= 11 is 0. The molecule has 7 heteroatoms. The van der Waals surface area contributed by atoms with Crippen molar-refractivity contribution in [2.75, 3.05) is 0 Å². The van der Waals surface area contributed by atoms with Crippen LogP contribution >= 0.6 is 0 Å². The van der Waals surface area contributed by atoms with Crippen molar-refractivity contribution in [2.45, 2.75) is 25.1 Å². The van der Waals surface area contributed by atoms with Crippen molar-refractivity contribution >= 4 is 0 Å². The number of halogens is 4. The molecule has 2 aromatic rings. The maximum absolute atomic E-state index is 13.2. The zero-order valence-corrected chi connectivity index (χ0v) is 11.4. The fourth-order valence-electron chi connectivity index (χ4n) is 2.08. The summed E-state index contributed by atoms with van der Waals surface area (Å²) in [5.74, 6) is -0.494. The molecule has 1 aromatic carbocycles. The van der Waals surface area contributed by atoms with Gasteiger partial charge in [-0.3, -0.25) is 0 Å². The van der Waals surface area contributed by atoms with E-state index in [4.69, 9.17) is 5.73 Å². The largest absolute Gasteiger partial charge is 0.419 e. The Labute approximate surface area is 119 Å². The highest BCUT2D eigenvalue weighted by molar-refractivity contribution is 5.29. The van der Waals surface area contributed by atoms with Crippen molar-refractivity contribution in [3.05, 3.63) is 53.4 Å². The van der Waals surface area contributed by atoms with Crippen LogP contribution < -0.4 is 5.73 Å². The standard InChI is InChI=1S/C14H15F4N3/c1-21-7-6-20-13(21)5-4-12(19)9-2-3-11(15)10(8-9)14(16,17)18/h2-3,6-8,12H,4-5,19H2,1H3. The van der Waals surface area contributed by atoms with E-state index in [9.17, 15) is 17.6 Å². The number of benzene rings is 1. The van der Waals surface area contributed by atoms with E-state index in [0.717, 1.165) is 18.0 Å². The fraction of sp³-hybridized carbons (Fsp3) is 0.357. The van der Waals surface area contributed by atoms with Gasteiger partial charge in [-0.25, -0.2) is 9.37 Å². The third-order valence-electron chi connectivity index (χ3n) is 3.32. The molecule has 0 spiro atoms. The monoisotopic (exact) mass is 301 g/mol. The molecule has 0 saturated carbocycles. The van der Waals surface area contributed by atoms with E-state index in [2.05, 4.69) is 4.98 Å².